The van der Waals surface area contributed by atoms with Crippen LogP contribution in [0.2, 0.25) is 0 Å². The third-order valence-electron chi connectivity index (χ3n) is 3.39. The molecule has 1 fully saturated rings. The van der Waals surface area contributed by atoms with Gasteiger partial charge in [0.25, 0.3) is 0 Å². The first kappa shape index (κ1) is 13.6. The maximum absolute atomic E-state index is 12.2. The van der Waals surface area contributed by atoms with Crippen LogP contribution < -0.4 is 5.32 Å². The van der Waals surface area contributed by atoms with E-state index in [4.69, 9.17) is 0 Å². The van der Waals surface area contributed by atoms with E-state index < -0.39 is 0 Å². The molecule has 0 radical (unpaired) electrons. The standard InChI is InChI=1S/C14H19BrN2O/c1-11-10-16-8-9-17(11)14(18)7-6-12-4-2-3-5-13(12)15/h2-5,11,16H,6-10H2,1H3/t11-/m1/s1. The number of hydrogen-bond acceptors (Lipinski definition) is 2. The Balaban J connectivity index is 1.90. The first-order valence-electron chi connectivity index (χ1n) is 6.42. The average molecular weight is 311 g/mol. The highest BCUT2D eigenvalue weighted by atomic mass is 79.9. The molecule has 0 aromatic heterocycles. The van der Waals surface area contributed by atoms with Gasteiger partial charge in [0, 0.05) is 36.6 Å². The normalized spacial score (nSPS) is 19.9. The van der Waals surface area contributed by atoms with E-state index in [1.54, 1.807) is 0 Å². The van der Waals surface area contributed by atoms with Crippen molar-refractivity contribution in [2.45, 2.75) is 25.8 Å². The Bertz CT molecular complexity index is 422. The SMILES string of the molecule is C[C@@H]1CNCCN1C(=O)CCc1ccccc1Br. The van der Waals surface area contributed by atoms with Gasteiger partial charge in [0.1, 0.15) is 0 Å². The third kappa shape index (κ3) is 3.33. The summed E-state index contributed by atoms with van der Waals surface area (Å²) in [6, 6.07) is 8.41. The molecule has 1 N–H and O–H groups in total. The fourth-order valence-electron chi connectivity index (χ4n) is 2.30. The predicted octanol–water partition coefficient (Wildman–Crippen LogP) is 2.20. The number of nitrogens with zero attached hydrogens (tertiary/aromatic N) is 1. The van der Waals surface area contributed by atoms with Crippen molar-refractivity contribution in [2.75, 3.05) is 19.6 Å². The van der Waals surface area contributed by atoms with Crippen LogP contribution in [0.15, 0.2) is 28.7 Å². The Morgan fingerprint density at radius 2 is 2.28 bits per heavy atom. The summed E-state index contributed by atoms with van der Waals surface area (Å²) in [4.78, 5) is 14.2. The summed E-state index contributed by atoms with van der Waals surface area (Å²) in [7, 11) is 0. The minimum Gasteiger partial charge on any atom is -0.337 e. The van der Waals surface area contributed by atoms with Gasteiger partial charge in [0.2, 0.25) is 5.91 Å². The molecule has 0 aliphatic carbocycles. The van der Waals surface area contributed by atoms with Crippen LogP contribution in [0.5, 0.6) is 0 Å². The summed E-state index contributed by atoms with van der Waals surface area (Å²) in [5, 5.41) is 3.30. The van der Waals surface area contributed by atoms with Crippen molar-refractivity contribution in [1.82, 2.24) is 10.2 Å². The number of carbonyl (C=O) groups is 1. The topological polar surface area (TPSA) is 32.3 Å². The number of piperazine rings is 1. The number of aryl methyl sites for hydroxylation is 1. The van der Waals surface area contributed by atoms with Crippen molar-refractivity contribution >= 4 is 21.8 Å². The van der Waals surface area contributed by atoms with Crippen LogP contribution >= 0.6 is 15.9 Å². The van der Waals surface area contributed by atoms with Gasteiger partial charge in [-0.15, -0.1) is 0 Å². The summed E-state index contributed by atoms with van der Waals surface area (Å²) < 4.78 is 1.09. The quantitative estimate of drug-likeness (QED) is 0.928. The zero-order chi connectivity index (χ0) is 13.0. The lowest BCUT2D eigenvalue weighted by atomic mass is 10.1. The first-order valence-corrected chi connectivity index (χ1v) is 7.21. The van der Waals surface area contributed by atoms with E-state index in [2.05, 4.69) is 34.2 Å². The van der Waals surface area contributed by atoms with Gasteiger partial charge in [0.05, 0.1) is 0 Å². The van der Waals surface area contributed by atoms with Crippen molar-refractivity contribution in [2.24, 2.45) is 0 Å². The van der Waals surface area contributed by atoms with Gasteiger partial charge in [-0.1, -0.05) is 34.1 Å². The Kier molecular flexibility index (Phi) is 4.78. The Morgan fingerprint density at radius 1 is 1.50 bits per heavy atom. The molecule has 1 aromatic rings. The van der Waals surface area contributed by atoms with Crippen LogP contribution in [0, 0.1) is 0 Å². The van der Waals surface area contributed by atoms with Gasteiger partial charge in [-0.25, -0.2) is 0 Å². The number of nitrogens with one attached hydrogen (secondary N) is 1. The molecule has 1 aliphatic heterocycles. The van der Waals surface area contributed by atoms with Gasteiger partial charge in [-0.2, -0.15) is 0 Å². The van der Waals surface area contributed by atoms with E-state index in [9.17, 15) is 4.79 Å². The second kappa shape index (κ2) is 6.34. The number of halogens is 1. The molecule has 1 heterocycles. The van der Waals surface area contributed by atoms with Crippen LogP contribution in [0.3, 0.4) is 0 Å². The summed E-state index contributed by atoms with van der Waals surface area (Å²) in [6.45, 7) is 4.74. The maximum atomic E-state index is 12.2. The monoisotopic (exact) mass is 310 g/mol. The average Bonchev–Trinajstić information content (AvgIpc) is 2.38. The predicted molar refractivity (Wildman–Crippen MR) is 76.5 cm³/mol. The van der Waals surface area contributed by atoms with Crippen LogP contribution in [0.1, 0.15) is 18.9 Å². The first-order chi connectivity index (χ1) is 8.68. The van der Waals surface area contributed by atoms with Gasteiger partial charge in [-0.05, 0) is 25.0 Å². The highest BCUT2D eigenvalue weighted by molar-refractivity contribution is 9.10. The number of hydrogen-bond donors (Lipinski definition) is 1. The minimum absolute atomic E-state index is 0.264. The van der Waals surface area contributed by atoms with Gasteiger partial charge in [0.15, 0.2) is 0 Å². The molecule has 18 heavy (non-hydrogen) atoms. The van der Waals surface area contributed by atoms with Crippen molar-refractivity contribution < 1.29 is 4.79 Å². The molecule has 1 aliphatic rings. The number of benzene rings is 1. The molecule has 3 nitrogen and oxygen atoms in total. The van der Waals surface area contributed by atoms with E-state index in [1.165, 1.54) is 5.56 Å². The lowest BCUT2D eigenvalue weighted by Gasteiger charge is -2.34. The van der Waals surface area contributed by atoms with Gasteiger partial charge < -0.3 is 10.2 Å². The third-order valence-corrected chi connectivity index (χ3v) is 4.16. The van der Waals surface area contributed by atoms with Crippen molar-refractivity contribution in [3.05, 3.63) is 34.3 Å². The van der Waals surface area contributed by atoms with E-state index in [0.717, 1.165) is 30.5 Å². The van der Waals surface area contributed by atoms with E-state index in [0.29, 0.717) is 12.5 Å². The fourth-order valence-corrected chi connectivity index (χ4v) is 2.78. The molecule has 4 heteroatoms. The summed E-state index contributed by atoms with van der Waals surface area (Å²) >= 11 is 3.52. The molecule has 0 bridgehead atoms. The molecule has 1 atom stereocenters. The molecular weight excluding hydrogens is 292 g/mol. The number of carbonyl (C=O) groups excluding carboxylic acids is 1. The minimum atomic E-state index is 0.264. The number of amides is 1. The lowest BCUT2D eigenvalue weighted by Crippen LogP contribution is -2.52. The lowest BCUT2D eigenvalue weighted by molar-refractivity contribution is -0.133. The second-order valence-electron chi connectivity index (χ2n) is 4.73. The van der Waals surface area contributed by atoms with Crippen molar-refractivity contribution in [3.63, 3.8) is 0 Å². The molecule has 1 aromatic carbocycles. The molecule has 1 amide bonds. The Morgan fingerprint density at radius 3 is 3.00 bits per heavy atom. The molecule has 98 valence electrons. The van der Waals surface area contributed by atoms with Gasteiger partial charge in [-0.3, -0.25) is 4.79 Å². The highest BCUT2D eigenvalue weighted by Crippen LogP contribution is 2.18. The van der Waals surface area contributed by atoms with Crippen molar-refractivity contribution in [1.29, 1.82) is 0 Å². The van der Waals surface area contributed by atoms with E-state index >= 15 is 0 Å². The molecule has 1 saturated heterocycles. The Hall–Kier alpha value is -0.870. The summed E-state index contributed by atoms with van der Waals surface area (Å²) in [6.07, 6.45) is 1.39. The summed E-state index contributed by atoms with van der Waals surface area (Å²) in [5.74, 6) is 0.264. The molecule has 0 unspecified atom stereocenters. The van der Waals surface area contributed by atoms with Crippen molar-refractivity contribution in [3.8, 4) is 0 Å². The number of rotatable bonds is 3. The molecule has 0 spiro atoms. The molecule has 0 saturated carbocycles. The van der Waals surface area contributed by atoms with Crippen LogP contribution in [0.25, 0.3) is 0 Å². The van der Waals surface area contributed by atoms with Crippen LogP contribution in [-0.2, 0) is 11.2 Å². The molecular formula is C14H19BrN2O. The van der Waals surface area contributed by atoms with Gasteiger partial charge >= 0.3 is 0 Å². The van der Waals surface area contributed by atoms with E-state index in [-0.39, 0.29) is 5.91 Å². The zero-order valence-electron chi connectivity index (χ0n) is 10.7. The van der Waals surface area contributed by atoms with Crippen LogP contribution in [0.4, 0.5) is 0 Å². The van der Waals surface area contributed by atoms with E-state index in [1.807, 2.05) is 23.1 Å². The molecule has 2 rings (SSSR count). The summed E-state index contributed by atoms with van der Waals surface area (Å²) in [5.41, 5.74) is 1.20. The fraction of sp³-hybridized carbons (Fsp3) is 0.500. The highest BCUT2D eigenvalue weighted by Gasteiger charge is 2.22. The maximum Gasteiger partial charge on any atom is 0.223 e. The largest absolute Gasteiger partial charge is 0.337 e. The van der Waals surface area contributed by atoms with Crippen LogP contribution in [-0.4, -0.2) is 36.5 Å². The Labute approximate surface area is 117 Å². The zero-order valence-corrected chi connectivity index (χ0v) is 12.2. The second-order valence-corrected chi connectivity index (χ2v) is 5.59. The smallest absolute Gasteiger partial charge is 0.223 e.